The molecule has 0 aliphatic rings. The van der Waals surface area contributed by atoms with E-state index in [1.807, 2.05) is 13.8 Å². The smallest absolute Gasteiger partial charge is 0.241 e. The molecule has 3 N–H and O–H groups in total. The Morgan fingerprint density at radius 1 is 1.19 bits per heavy atom. The molecule has 8 heteroatoms. The van der Waals surface area contributed by atoms with Gasteiger partial charge in [0, 0.05) is 25.5 Å². The Bertz CT molecular complexity index is 543. The van der Waals surface area contributed by atoms with E-state index in [-0.39, 0.29) is 6.10 Å². The first-order chi connectivity index (χ1) is 10.2. The van der Waals surface area contributed by atoms with Crippen LogP contribution in [0.5, 0.6) is 0 Å². The molecule has 0 fully saturated rings. The van der Waals surface area contributed by atoms with Crippen LogP contribution >= 0.6 is 0 Å². The Morgan fingerprint density at radius 2 is 1.95 bits per heavy atom. The topological polar surface area (TPSA) is 101 Å². The minimum atomic E-state index is -0.305. The molecular formula is C13H21N7O. The van der Waals surface area contributed by atoms with Crippen molar-refractivity contribution in [2.24, 2.45) is 0 Å². The Balaban J connectivity index is 2.12. The molecule has 0 bridgehead atoms. The van der Waals surface area contributed by atoms with Gasteiger partial charge >= 0.3 is 0 Å². The minimum absolute atomic E-state index is 0.305. The van der Waals surface area contributed by atoms with Gasteiger partial charge in [0.05, 0.1) is 6.10 Å². The predicted octanol–water partition coefficient (Wildman–Crippen LogP) is 1.06. The fourth-order valence-corrected chi connectivity index (χ4v) is 1.73. The number of hydrogen-bond acceptors (Lipinski definition) is 7. The van der Waals surface area contributed by atoms with Crippen molar-refractivity contribution in [1.82, 2.24) is 24.5 Å². The van der Waals surface area contributed by atoms with Crippen LogP contribution in [-0.2, 0) is 0 Å². The first kappa shape index (κ1) is 15.2. The summed E-state index contributed by atoms with van der Waals surface area (Å²) >= 11 is 0. The maximum absolute atomic E-state index is 9.56. The summed E-state index contributed by atoms with van der Waals surface area (Å²) in [7, 11) is 0. The van der Waals surface area contributed by atoms with Crippen molar-refractivity contribution < 1.29 is 5.11 Å². The van der Waals surface area contributed by atoms with E-state index in [2.05, 4.69) is 30.6 Å². The number of imidazole rings is 1. The molecule has 114 valence electrons. The van der Waals surface area contributed by atoms with Gasteiger partial charge in [-0.15, -0.1) is 0 Å². The summed E-state index contributed by atoms with van der Waals surface area (Å²) in [6.07, 6.45) is 6.16. The molecule has 2 heterocycles. The van der Waals surface area contributed by atoms with Crippen LogP contribution < -0.4 is 10.6 Å². The molecule has 0 saturated carbocycles. The van der Waals surface area contributed by atoms with Crippen molar-refractivity contribution in [3.8, 4) is 5.95 Å². The zero-order valence-electron chi connectivity index (χ0n) is 12.3. The molecule has 0 aromatic carbocycles. The summed E-state index contributed by atoms with van der Waals surface area (Å²) in [6.45, 7) is 5.26. The fourth-order valence-electron chi connectivity index (χ4n) is 1.73. The SMILES string of the molecule is CCNc1nc(NCCC(O)CC)nc(-n2ccnc2)n1. The van der Waals surface area contributed by atoms with E-state index >= 15 is 0 Å². The highest BCUT2D eigenvalue weighted by Gasteiger charge is 2.08. The highest BCUT2D eigenvalue weighted by atomic mass is 16.3. The second-order valence-electron chi connectivity index (χ2n) is 4.56. The number of hydrogen-bond donors (Lipinski definition) is 3. The molecule has 0 aliphatic carbocycles. The Labute approximate surface area is 123 Å². The van der Waals surface area contributed by atoms with Crippen molar-refractivity contribution in [2.75, 3.05) is 23.7 Å². The molecular weight excluding hydrogens is 270 g/mol. The van der Waals surface area contributed by atoms with Gasteiger partial charge in [0.25, 0.3) is 0 Å². The molecule has 2 aromatic heterocycles. The standard InChI is InChI=1S/C13H21N7O/c1-3-10(21)5-6-16-12-17-11(15-4-2)18-13(19-12)20-8-7-14-9-20/h7-10,21H,3-6H2,1-2H3,(H2,15,16,17,18,19). The average molecular weight is 291 g/mol. The zero-order valence-corrected chi connectivity index (χ0v) is 12.3. The summed E-state index contributed by atoms with van der Waals surface area (Å²) in [5.74, 6) is 1.49. The van der Waals surface area contributed by atoms with E-state index in [1.165, 1.54) is 0 Å². The third-order valence-corrected chi connectivity index (χ3v) is 2.93. The van der Waals surface area contributed by atoms with Gasteiger partial charge in [0.1, 0.15) is 6.33 Å². The van der Waals surface area contributed by atoms with Gasteiger partial charge in [-0.2, -0.15) is 15.0 Å². The normalized spacial score (nSPS) is 12.1. The van der Waals surface area contributed by atoms with Gasteiger partial charge < -0.3 is 15.7 Å². The molecule has 0 saturated heterocycles. The number of aromatic nitrogens is 5. The molecule has 0 amide bonds. The van der Waals surface area contributed by atoms with Crippen LogP contribution in [0.3, 0.4) is 0 Å². The first-order valence-electron chi connectivity index (χ1n) is 7.13. The molecule has 2 aromatic rings. The molecule has 8 nitrogen and oxygen atoms in total. The lowest BCUT2D eigenvalue weighted by Crippen LogP contribution is -2.16. The van der Waals surface area contributed by atoms with E-state index in [0.717, 1.165) is 13.0 Å². The third kappa shape index (κ3) is 4.38. The Kier molecular flexibility index (Phi) is 5.44. The number of aliphatic hydroxyl groups excluding tert-OH is 1. The summed E-state index contributed by atoms with van der Waals surface area (Å²) < 4.78 is 1.72. The molecule has 0 spiro atoms. The first-order valence-corrected chi connectivity index (χ1v) is 7.13. The van der Waals surface area contributed by atoms with Crippen LogP contribution in [0.1, 0.15) is 26.7 Å². The lowest BCUT2D eigenvalue weighted by molar-refractivity contribution is 0.164. The molecule has 21 heavy (non-hydrogen) atoms. The van der Waals surface area contributed by atoms with Crippen molar-refractivity contribution in [2.45, 2.75) is 32.8 Å². The van der Waals surface area contributed by atoms with Gasteiger partial charge in [0.15, 0.2) is 0 Å². The van der Waals surface area contributed by atoms with Gasteiger partial charge in [-0.25, -0.2) is 4.98 Å². The van der Waals surface area contributed by atoms with E-state index < -0.39 is 0 Å². The van der Waals surface area contributed by atoms with Gasteiger partial charge in [-0.1, -0.05) is 6.92 Å². The second-order valence-corrected chi connectivity index (χ2v) is 4.56. The van der Waals surface area contributed by atoms with Crippen LogP contribution in [0, 0.1) is 0 Å². The van der Waals surface area contributed by atoms with Crippen LogP contribution in [-0.4, -0.2) is 48.8 Å². The van der Waals surface area contributed by atoms with Crippen molar-refractivity contribution in [1.29, 1.82) is 0 Å². The number of anilines is 2. The number of rotatable bonds is 8. The molecule has 1 atom stereocenters. The highest BCUT2D eigenvalue weighted by Crippen LogP contribution is 2.09. The summed E-state index contributed by atoms with van der Waals surface area (Å²) in [5.41, 5.74) is 0. The van der Waals surface area contributed by atoms with Crippen molar-refractivity contribution in [3.63, 3.8) is 0 Å². The lowest BCUT2D eigenvalue weighted by Gasteiger charge is -2.11. The Morgan fingerprint density at radius 3 is 2.57 bits per heavy atom. The quantitative estimate of drug-likeness (QED) is 0.668. The van der Waals surface area contributed by atoms with Crippen LogP contribution in [0.15, 0.2) is 18.7 Å². The Hall–Kier alpha value is -2.22. The number of nitrogens with zero attached hydrogens (tertiary/aromatic N) is 5. The van der Waals surface area contributed by atoms with E-state index in [0.29, 0.717) is 30.8 Å². The molecule has 0 radical (unpaired) electrons. The maximum Gasteiger partial charge on any atom is 0.241 e. The summed E-state index contributed by atoms with van der Waals surface area (Å²) in [5, 5.41) is 15.8. The summed E-state index contributed by atoms with van der Waals surface area (Å²) in [4.78, 5) is 17.0. The lowest BCUT2D eigenvalue weighted by atomic mass is 10.2. The van der Waals surface area contributed by atoms with Crippen LogP contribution in [0.25, 0.3) is 5.95 Å². The predicted molar refractivity (Wildman–Crippen MR) is 80.5 cm³/mol. The maximum atomic E-state index is 9.56. The second kappa shape index (κ2) is 7.53. The van der Waals surface area contributed by atoms with Crippen molar-refractivity contribution >= 4 is 11.9 Å². The van der Waals surface area contributed by atoms with Gasteiger partial charge in [0.2, 0.25) is 17.8 Å². The van der Waals surface area contributed by atoms with Crippen LogP contribution in [0.4, 0.5) is 11.9 Å². The monoisotopic (exact) mass is 291 g/mol. The van der Waals surface area contributed by atoms with Gasteiger partial charge in [-0.05, 0) is 19.8 Å². The fraction of sp³-hybridized carbons (Fsp3) is 0.538. The van der Waals surface area contributed by atoms with Gasteiger partial charge in [-0.3, -0.25) is 4.57 Å². The highest BCUT2D eigenvalue weighted by molar-refractivity contribution is 5.37. The van der Waals surface area contributed by atoms with E-state index in [1.54, 1.807) is 23.3 Å². The third-order valence-electron chi connectivity index (χ3n) is 2.93. The largest absolute Gasteiger partial charge is 0.393 e. The molecule has 1 unspecified atom stereocenters. The van der Waals surface area contributed by atoms with E-state index in [9.17, 15) is 5.11 Å². The molecule has 2 rings (SSSR count). The zero-order chi connectivity index (χ0) is 15.1. The average Bonchev–Trinajstić information content (AvgIpc) is 3.01. The summed E-state index contributed by atoms with van der Waals surface area (Å²) in [6, 6.07) is 0. The minimum Gasteiger partial charge on any atom is -0.393 e. The number of nitrogens with one attached hydrogen (secondary N) is 2. The number of aliphatic hydroxyl groups is 1. The molecule has 0 aliphatic heterocycles. The van der Waals surface area contributed by atoms with Crippen LogP contribution in [0.2, 0.25) is 0 Å². The van der Waals surface area contributed by atoms with E-state index in [4.69, 9.17) is 0 Å². The van der Waals surface area contributed by atoms with Crippen molar-refractivity contribution in [3.05, 3.63) is 18.7 Å².